The number of fused-ring (bicyclic) bond motifs is 1. The number of carbonyl (C=O) groups is 1. The van der Waals surface area contributed by atoms with Crippen molar-refractivity contribution < 1.29 is 9.90 Å². The van der Waals surface area contributed by atoms with Gasteiger partial charge < -0.3 is 5.11 Å². The van der Waals surface area contributed by atoms with E-state index in [4.69, 9.17) is 0 Å². The number of aromatic hydroxyl groups is 1. The molecule has 4 rings (SSSR count). The van der Waals surface area contributed by atoms with E-state index in [9.17, 15) is 9.90 Å². The first-order valence-corrected chi connectivity index (χ1v) is 10.0. The lowest BCUT2D eigenvalue weighted by Crippen LogP contribution is -2.23. The van der Waals surface area contributed by atoms with Gasteiger partial charge in [-0.05, 0) is 82.4 Å². The molecule has 0 bridgehead atoms. The van der Waals surface area contributed by atoms with Crippen molar-refractivity contribution in [2.75, 3.05) is 7.05 Å². The Bertz CT molecular complexity index is 1130. The predicted octanol–water partition coefficient (Wildman–Crippen LogP) is 4.78. The third-order valence-electron chi connectivity index (χ3n) is 4.08. The molecular weight excluding hydrogens is 473 g/mol. The number of benzene rings is 2. The van der Waals surface area contributed by atoms with Gasteiger partial charge in [0.05, 0.1) is 19.7 Å². The SMILES string of the molecule is CN1C(=O)/C(=C/c2ccc(O)c(I)c2)SC1=Nc1ccc2ncccc2c1. The molecule has 1 amide bonds. The van der Waals surface area contributed by atoms with Crippen molar-refractivity contribution in [2.24, 2.45) is 4.99 Å². The highest BCUT2D eigenvalue weighted by Crippen LogP contribution is 2.34. The molecule has 1 fully saturated rings. The molecule has 1 aliphatic rings. The van der Waals surface area contributed by atoms with Gasteiger partial charge in [0.1, 0.15) is 5.75 Å². The fraction of sp³-hybridized carbons (Fsp3) is 0.0500. The third kappa shape index (κ3) is 3.70. The van der Waals surface area contributed by atoms with Gasteiger partial charge in [0.25, 0.3) is 5.91 Å². The van der Waals surface area contributed by atoms with Crippen molar-refractivity contribution in [2.45, 2.75) is 0 Å². The van der Waals surface area contributed by atoms with Crippen molar-refractivity contribution in [3.8, 4) is 5.75 Å². The molecule has 1 N–H and O–H groups in total. The number of thioether (sulfide) groups is 1. The number of phenols is 1. The van der Waals surface area contributed by atoms with Crippen LogP contribution in [0.5, 0.6) is 5.75 Å². The van der Waals surface area contributed by atoms with Crippen molar-refractivity contribution in [3.05, 3.63) is 68.8 Å². The number of nitrogens with zero attached hydrogens (tertiary/aromatic N) is 3. The minimum atomic E-state index is -0.0933. The normalized spacial score (nSPS) is 17.4. The van der Waals surface area contributed by atoms with Crippen LogP contribution >= 0.6 is 34.4 Å². The van der Waals surface area contributed by atoms with Gasteiger partial charge in [-0.2, -0.15) is 0 Å². The summed E-state index contributed by atoms with van der Waals surface area (Å²) in [5.41, 5.74) is 2.55. The summed E-state index contributed by atoms with van der Waals surface area (Å²) in [6.07, 6.45) is 3.58. The Morgan fingerprint density at radius 1 is 1.22 bits per heavy atom. The Morgan fingerprint density at radius 2 is 2.07 bits per heavy atom. The molecule has 1 aromatic heterocycles. The van der Waals surface area contributed by atoms with Crippen LogP contribution in [0.3, 0.4) is 0 Å². The van der Waals surface area contributed by atoms with Gasteiger partial charge in [-0.3, -0.25) is 14.7 Å². The summed E-state index contributed by atoms with van der Waals surface area (Å²) in [7, 11) is 1.72. The molecule has 3 aromatic rings. The van der Waals surface area contributed by atoms with Crippen molar-refractivity contribution >= 4 is 68.1 Å². The second-order valence-electron chi connectivity index (χ2n) is 5.96. The van der Waals surface area contributed by atoms with Gasteiger partial charge in [-0.25, -0.2) is 4.99 Å². The summed E-state index contributed by atoms with van der Waals surface area (Å²) in [4.78, 5) is 23.7. The van der Waals surface area contributed by atoms with Crippen LogP contribution in [0, 0.1) is 3.57 Å². The standard InChI is InChI=1S/C20H14IN3O2S/c1-24-19(26)18(10-12-4-7-17(25)15(21)9-12)27-20(24)23-14-5-6-16-13(11-14)3-2-8-22-16/h2-11,25H,1H3/b18-10-,23-20?. The number of amidine groups is 1. The number of aliphatic imine (C=N–C) groups is 1. The second kappa shape index (κ2) is 7.32. The molecule has 7 heteroatoms. The number of hydrogen-bond donors (Lipinski definition) is 1. The zero-order chi connectivity index (χ0) is 19.0. The van der Waals surface area contributed by atoms with Crippen molar-refractivity contribution in [3.63, 3.8) is 0 Å². The van der Waals surface area contributed by atoms with E-state index >= 15 is 0 Å². The van der Waals surface area contributed by atoms with Crippen LogP contribution < -0.4 is 0 Å². The van der Waals surface area contributed by atoms with E-state index in [1.54, 1.807) is 30.3 Å². The molecule has 1 saturated heterocycles. The minimum absolute atomic E-state index is 0.0933. The fourth-order valence-corrected chi connectivity index (χ4v) is 4.19. The van der Waals surface area contributed by atoms with E-state index in [0.29, 0.717) is 10.1 Å². The first-order chi connectivity index (χ1) is 13.0. The molecule has 0 radical (unpaired) electrons. The molecule has 27 heavy (non-hydrogen) atoms. The maximum atomic E-state index is 12.6. The lowest BCUT2D eigenvalue weighted by Gasteiger charge is -2.07. The third-order valence-corrected chi connectivity index (χ3v) is 6.01. The highest BCUT2D eigenvalue weighted by atomic mass is 127. The number of likely N-dealkylation sites (N-methyl/N-ethyl adjacent to an activating group) is 1. The molecule has 0 aliphatic carbocycles. The quantitative estimate of drug-likeness (QED) is 0.418. The Kier molecular flexibility index (Phi) is 4.88. The first kappa shape index (κ1) is 18.0. The number of pyridine rings is 1. The Hall–Kier alpha value is -2.39. The second-order valence-corrected chi connectivity index (χ2v) is 8.13. The highest BCUT2D eigenvalue weighted by molar-refractivity contribution is 14.1. The molecular formula is C20H14IN3O2S. The fourth-order valence-electron chi connectivity index (χ4n) is 2.66. The topological polar surface area (TPSA) is 65.8 Å². The van der Waals surface area contributed by atoms with Crippen LogP contribution in [0.2, 0.25) is 0 Å². The van der Waals surface area contributed by atoms with E-state index in [-0.39, 0.29) is 11.7 Å². The number of carbonyl (C=O) groups excluding carboxylic acids is 1. The molecule has 5 nitrogen and oxygen atoms in total. The Morgan fingerprint density at radius 3 is 2.89 bits per heavy atom. The number of aromatic nitrogens is 1. The number of halogens is 1. The first-order valence-electron chi connectivity index (χ1n) is 8.11. The maximum Gasteiger partial charge on any atom is 0.266 e. The smallest absolute Gasteiger partial charge is 0.266 e. The van der Waals surface area contributed by atoms with Gasteiger partial charge in [0.15, 0.2) is 5.17 Å². The van der Waals surface area contributed by atoms with E-state index < -0.39 is 0 Å². The monoisotopic (exact) mass is 487 g/mol. The van der Waals surface area contributed by atoms with E-state index in [2.05, 4.69) is 32.6 Å². The van der Waals surface area contributed by atoms with E-state index in [0.717, 1.165) is 25.7 Å². The average Bonchev–Trinajstić information content (AvgIpc) is 2.92. The predicted molar refractivity (Wildman–Crippen MR) is 118 cm³/mol. The molecule has 2 aromatic carbocycles. The highest BCUT2D eigenvalue weighted by Gasteiger charge is 2.30. The van der Waals surface area contributed by atoms with Gasteiger partial charge >= 0.3 is 0 Å². The Balaban J connectivity index is 1.65. The van der Waals surface area contributed by atoms with Crippen LogP contribution in [0.25, 0.3) is 17.0 Å². The Labute approximate surface area is 174 Å². The lowest BCUT2D eigenvalue weighted by atomic mass is 10.2. The number of hydrogen-bond acceptors (Lipinski definition) is 5. The summed E-state index contributed by atoms with van der Waals surface area (Å²) >= 11 is 3.40. The van der Waals surface area contributed by atoms with Crippen molar-refractivity contribution in [1.82, 2.24) is 9.88 Å². The molecule has 0 unspecified atom stereocenters. The van der Waals surface area contributed by atoms with Crippen LogP contribution in [-0.4, -0.2) is 33.1 Å². The summed E-state index contributed by atoms with van der Waals surface area (Å²) in [5.74, 6) is 0.137. The zero-order valence-corrected chi connectivity index (χ0v) is 17.2. The van der Waals surface area contributed by atoms with Crippen LogP contribution in [0.15, 0.2) is 64.6 Å². The zero-order valence-electron chi connectivity index (χ0n) is 14.3. The van der Waals surface area contributed by atoms with Gasteiger partial charge in [-0.1, -0.05) is 12.1 Å². The van der Waals surface area contributed by atoms with Gasteiger partial charge in [0.2, 0.25) is 0 Å². The minimum Gasteiger partial charge on any atom is -0.507 e. The van der Waals surface area contributed by atoms with Crippen LogP contribution in [-0.2, 0) is 4.79 Å². The number of amides is 1. The van der Waals surface area contributed by atoms with Crippen molar-refractivity contribution in [1.29, 1.82) is 0 Å². The largest absolute Gasteiger partial charge is 0.507 e. The van der Waals surface area contributed by atoms with E-state index in [1.165, 1.54) is 11.8 Å². The van der Waals surface area contributed by atoms with Crippen LogP contribution in [0.1, 0.15) is 5.56 Å². The molecule has 2 heterocycles. The van der Waals surface area contributed by atoms with Gasteiger partial charge in [0, 0.05) is 18.6 Å². The van der Waals surface area contributed by atoms with E-state index in [1.807, 2.05) is 42.5 Å². The lowest BCUT2D eigenvalue weighted by molar-refractivity contribution is -0.121. The summed E-state index contributed by atoms with van der Waals surface area (Å²) in [6, 6.07) is 14.9. The maximum absolute atomic E-state index is 12.6. The molecule has 1 aliphatic heterocycles. The summed E-state index contributed by atoms with van der Waals surface area (Å²) in [5, 5.41) is 11.3. The molecule has 0 saturated carbocycles. The molecule has 134 valence electrons. The average molecular weight is 487 g/mol. The molecule has 0 atom stereocenters. The number of rotatable bonds is 2. The summed E-state index contributed by atoms with van der Waals surface area (Å²) in [6.45, 7) is 0. The van der Waals surface area contributed by atoms with Gasteiger partial charge in [-0.15, -0.1) is 0 Å². The molecule has 0 spiro atoms. The van der Waals surface area contributed by atoms with Crippen LogP contribution in [0.4, 0.5) is 5.69 Å². The summed E-state index contributed by atoms with van der Waals surface area (Å²) < 4.78 is 0.740. The number of phenolic OH excluding ortho intramolecular Hbond substituents is 1.